The van der Waals surface area contributed by atoms with Crippen molar-refractivity contribution < 1.29 is 9.47 Å². The van der Waals surface area contributed by atoms with E-state index < -0.39 is 0 Å². The van der Waals surface area contributed by atoms with Crippen molar-refractivity contribution in [3.63, 3.8) is 0 Å². The third-order valence-corrected chi connectivity index (χ3v) is 4.38. The maximum absolute atomic E-state index is 6.18. The molecule has 0 spiro atoms. The summed E-state index contributed by atoms with van der Waals surface area (Å²) in [5.74, 6) is 1.47. The first-order chi connectivity index (χ1) is 11.5. The van der Waals surface area contributed by atoms with Crippen LogP contribution >= 0.6 is 39.1 Å². The molecule has 1 N–H and O–H groups in total. The maximum atomic E-state index is 6.18. The molecule has 0 aromatic heterocycles. The summed E-state index contributed by atoms with van der Waals surface area (Å²) in [4.78, 5) is 0. The quantitative estimate of drug-likeness (QED) is 0.512. The normalized spacial score (nSPS) is 10.5. The number of hydrogen-bond acceptors (Lipinski definition) is 3. The summed E-state index contributed by atoms with van der Waals surface area (Å²) in [5.41, 5.74) is 1.84. The Morgan fingerprint density at radius 2 is 1.88 bits per heavy atom. The molecule has 0 atom stereocenters. The fourth-order valence-corrected chi connectivity index (χ4v) is 3.12. The molecule has 0 unspecified atom stereocenters. The van der Waals surface area contributed by atoms with Crippen molar-refractivity contribution >= 4 is 44.8 Å². The first kappa shape index (κ1) is 19.2. The first-order valence-electron chi connectivity index (χ1n) is 7.82. The summed E-state index contributed by atoms with van der Waals surface area (Å²) in [6.07, 6.45) is 0.939. The fourth-order valence-electron chi connectivity index (χ4n) is 2.16. The van der Waals surface area contributed by atoms with Crippen molar-refractivity contribution in [2.45, 2.75) is 26.8 Å². The molecule has 0 radical (unpaired) electrons. The van der Waals surface area contributed by atoms with E-state index in [2.05, 4.69) is 28.2 Å². The van der Waals surface area contributed by atoms with Crippen molar-refractivity contribution in [3.8, 4) is 11.5 Å². The van der Waals surface area contributed by atoms with Crippen LogP contribution in [-0.4, -0.2) is 13.2 Å². The van der Waals surface area contributed by atoms with Gasteiger partial charge in [0.2, 0.25) is 0 Å². The van der Waals surface area contributed by atoms with Crippen LogP contribution < -0.4 is 14.8 Å². The lowest BCUT2D eigenvalue weighted by atomic mass is 10.2. The number of halogens is 3. The number of anilines is 1. The van der Waals surface area contributed by atoms with E-state index in [1.54, 1.807) is 18.2 Å². The Kier molecular flexibility index (Phi) is 7.53. The molecule has 0 saturated carbocycles. The Bertz CT molecular complexity index is 695. The predicted molar refractivity (Wildman–Crippen MR) is 105 cm³/mol. The molecule has 130 valence electrons. The zero-order valence-electron chi connectivity index (χ0n) is 13.7. The SMILES string of the molecule is CCCOc1c(Br)cc(CNc2cc(Cl)ccc2Cl)cc1OCC. The van der Waals surface area contributed by atoms with Crippen molar-refractivity contribution in [1.82, 2.24) is 0 Å². The number of nitrogens with one attached hydrogen (secondary N) is 1. The Morgan fingerprint density at radius 3 is 2.58 bits per heavy atom. The molecular formula is C18H20BrCl2NO2. The Balaban J connectivity index is 2.19. The number of benzene rings is 2. The van der Waals surface area contributed by atoms with E-state index in [9.17, 15) is 0 Å². The first-order valence-corrected chi connectivity index (χ1v) is 9.37. The van der Waals surface area contributed by atoms with Gasteiger partial charge < -0.3 is 14.8 Å². The average Bonchev–Trinajstić information content (AvgIpc) is 2.55. The Labute approximate surface area is 161 Å². The highest BCUT2D eigenvalue weighted by atomic mass is 79.9. The van der Waals surface area contributed by atoms with Gasteiger partial charge in [-0.1, -0.05) is 30.1 Å². The van der Waals surface area contributed by atoms with Crippen LogP contribution in [0.5, 0.6) is 11.5 Å². The average molecular weight is 433 g/mol. The molecule has 24 heavy (non-hydrogen) atoms. The van der Waals surface area contributed by atoms with Crippen molar-refractivity contribution in [1.29, 1.82) is 0 Å². The number of ether oxygens (including phenoxy) is 2. The summed E-state index contributed by atoms with van der Waals surface area (Å²) < 4.78 is 12.4. The molecule has 0 saturated heterocycles. The van der Waals surface area contributed by atoms with Gasteiger partial charge in [-0.05, 0) is 65.2 Å². The lowest BCUT2D eigenvalue weighted by Crippen LogP contribution is -2.04. The van der Waals surface area contributed by atoms with Crippen LogP contribution in [0.3, 0.4) is 0 Å². The van der Waals surface area contributed by atoms with Gasteiger partial charge in [0, 0.05) is 11.6 Å². The van der Waals surface area contributed by atoms with E-state index >= 15 is 0 Å². The van der Waals surface area contributed by atoms with Crippen LogP contribution in [0.2, 0.25) is 10.0 Å². The van der Waals surface area contributed by atoms with Crippen LogP contribution in [-0.2, 0) is 6.54 Å². The van der Waals surface area contributed by atoms with E-state index in [1.807, 2.05) is 19.1 Å². The second kappa shape index (κ2) is 9.40. The van der Waals surface area contributed by atoms with Gasteiger partial charge in [-0.15, -0.1) is 0 Å². The lowest BCUT2D eigenvalue weighted by Gasteiger charge is -2.16. The highest BCUT2D eigenvalue weighted by Gasteiger charge is 2.12. The van der Waals surface area contributed by atoms with Crippen LogP contribution in [0.4, 0.5) is 5.69 Å². The fraction of sp³-hybridized carbons (Fsp3) is 0.333. The topological polar surface area (TPSA) is 30.5 Å². The van der Waals surface area contributed by atoms with Crippen LogP contribution in [0.25, 0.3) is 0 Å². The van der Waals surface area contributed by atoms with Crippen molar-refractivity contribution in [3.05, 3.63) is 50.4 Å². The van der Waals surface area contributed by atoms with Crippen molar-refractivity contribution in [2.75, 3.05) is 18.5 Å². The molecule has 0 aliphatic heterocycles. The van der Waals surface area contributed by atoms with E-state index in [0.717, 1.165) is 33.6 Å². The van der Waals surface area contributed by atoms with Gasteiger partial charge in [-0.3, -0.25) is 0 Å². The summed E-state index contributed by atoms with van der Waals surface area (Å²) in [6, 6.07) is 9.33. The second-order valence-electron chi connectivity index (χ2n) is 5.16. The summed E-state index contributed by atoms with van der Waals surface area (Å²) in [6.45, 7) is 5.84. The maximum Gasteiger partial charge on any atom is 0.175 e. The Hall–Kier alpha value is -1.10. The van der Waals surface area contributed by atoms with Gasteiger partial charge in [0.25, 0.3) is 0 Å². The smallest absolute Gasteiger partial charge is 0.175 e. The van der Waals surface area contributed by atoms with Gasteiger partial charge in [0.05, 0.1) is 28.4 Å². The minimum atomic E-state index is 0.575. The zero-order chi connectivity index (χ0) is 17.5. The molecule has 0 fully saturated rings. The molecule has 2 rings (SSSR count). The molecule has 2 aromatic rings. The largest absolute Gasteiger partial charge is 0.490 e. The highest BCUT2D eigenvalue weighted by molar-refractivity contribution is 9.10. The van der Waals surface area contributed by atoms with E-state index in [1.165, 1.54) is 0 Å². The molecular weight excluding hydrogens is 413 g/mol. The van der Waals surface area contributed by atoms with Gasteiger partial charge in [0.15, 0.2) is 11.5 Å². The number of hydrogen-bond donors (Lipinski definition) is 1. The molecule has 0 bridgehead atoms. The van der Waals surface area contributed by atoms with E-state index in [0.29, 0.717) is 29.8 Å². The minimum Gasteiger partial charge on any atom is -0.490 e. The van der Waals surface area contributed by atoms with Gasteiger partial charge in [-0.25, -0.2) is 0 Å². The molecule has 0 aliphatic carbocycles. The molecule has 0 aliphatic rings. The van der Waals surface area contributed by atoms with E-state index in [-0.39, 0.29) is 0 Å². The van der Waals surface area contributed by atoms with Crippen molar-refractivity contribution in [2.24, 2.45) is 0 Å². The molecule has 0 amide bonds. The summed E-state index contributed by atoms with van der Waals surface area (Å²) in [5, 5.41) is 4.57. The molecule has 0 heterocycles. The Morgan fingerprint density at radius 1 is 1.08 bits per heavy atom. The standard InChI is InChI=1S/C18H20BrCl2NO2/c1-3-7-24-18-14(19)8-12(9-17(18)23-4-2)11-22-16-10-13(20)5-6-15(16)21/h5-6,8-10,22H,3-4,7,11H2,1-2H3. The summed E-state index contributed by atoms with van der Waals surface area (Å²) >= 11 is 15.8. The minimum absolute atomic E-state index is 0.575. The number of rotatable bonds is 8. The third kappa shape index (κ3) is 5.20. The molecule has 3 nitrogen and oxygen atoms in total. The van der Waals surface area contributed by atoms with Gasteiger partial charge >= 0.3 is 0 Å². The van der Waals surface area contributed by atoms with Gasteiger partial charge in [0.1, 0.15) is 0 Å². The van der Waals surface area contributed by atoms with Crippen LogP contribution in [0.1, 0.15) is 25.8 Å². The lowest BCUT2D eigenvalue weighted by molar-refractivity contribution is 0.275. The highest BCUT2D eigenvalue weighted by Crippen LogP contribution is 2.37. The van der Waals surface area contributed by atoms with Gasteiger partial charge in [-0.2, -0.15) is 0 Å². The second-order valence-corrected chi connectivity index (χ2v) is 6.86. The summed E-state index contributed by atoms with van der Waals surface area (Å²) in [7, 11) is 0. The van der Waals surface area contributed by atoms with Crippen LogP contribution in [0.15, 0.2) is 34.8 Å². The monoisotopic (exact) mass is 431 g/mol. The predicted octanol–water partition coefficient (Wildman–Crippen LogP) is 6.56. The zero-order valence-corrected chi connectivity index (χ0v) is 16.8. The third-order valence-electron chi connectivity index (χ3n) is 3.23. The van der Waals surface area contributed by atoms with E-state index in [4.69, 9.17) is 32.7 Å². The van der Waals surface area contributed by atoms with Crippen LogP contribution in [0, 0.1) is 0 Å². The molecule has 2 aromatic carbocycles. The molecule has 6 heteroatoms.